The van der Waals surface area contributed by atoms with Crippen LogP contribution in [0.15, 0.2) is 23.2 Å². The molecule has 0 aromatic carbocycles. The molecule has 0 spiro atoms. The summed E-state index contributed by atoms with van der Waals surface area (Å²) in [5, 5.41) is 11.7. The minimum atomic E-state index is -1.04. The fourth-order valence-corrected chi connectivity index (χ4v) is 2.28. The highest BCUT2D eigenvalue weighted by molar-refractivity contribution is 7.99. The van der Waals surface area contributed by atoms with Crippen LogP contribution in [-0.2, 0) is 4.79 Å². The molecule has 1 fully saturated rings. The summed E-state index contributed by atoms with van der Waals surface area (Å²) < 4.78 is 0. The fraction of sp³-hybridized carbons (Fsp3) is 0.417. The van der Waals surface area contributed by atoms with Crippen LogP contribution in [0.5, 0.6) is 0 Å². The number of amides is 1. The summed E-state index contributed by atoms with van der Waals surface area (Å²) in [5.74, 6) is -0.330. The van der Waals surface area contributed by atoms with E-state index in [4.69, 9.17) is 5.11 Å². The third-order valence-electron chi connectivity index (χ3n) is 2.49. The van der Waals surface area contributed by atoms with Crippen LogP contribution in [0.3, 0.4) is 0 Å². The van der Waals surface area contributed by atoms with E-state index in [2.05, 4.69) is 10.3 Å². The van der Waals surface area contributed by atoms with Crippen molar-refractivity contribution < 1.29 is 14.7 Å². The average Bonchev–Trinajstić information content (AvgIpc) is 3.13. The van der Waals surface area contributed by atoms with Crippen molar-refractivity contribution in [1.82, 2.24) is 10.3 Å². The molecule has 2 N–H and O–H groups in total. The molecular formula is C12H14N2O3S. The predicted octanol–water partition coefficient (Wildman–Crippen LogP) is 1.54. The largest absolute Gasteiger partial charge is 0.477 e. The Morgan fingerprint density at radius 3 is 2.94 bits per heavy atom. The van der Waals surface area contributed by atoms with Gasteiger partial charge in [0.15, 0.2) is 0 Å². The molecule has 1 aromatic heterocycles. The van der Waals surface area contributed by atoms with Crippen LogP contribution in [-0.4, -0.2) is 33.8 Å². The molecule has 1 heterocycles. The molecule has 0 aliphatic heterocycles. The van der Waals surface area contributed by atoms with Crippen molar-refractivity contribution in [2.45, 2.75) is 30.2 Å². The summed E-state index contributed by atoms with van der Waals surface area (Å²) >= 11 is 1.46. The molecule has 1 aromatic rings. The van der Waals surface area contributed by atoms with Crippen molar-refractivity contribution >= 4 is 23.6 Å². The van der Waals surface area contributed by atoms with Crippen LogP contribution >= 0.6 is 11.8 Å². The standard InChI is InChI=1S/C12H14N2O3S/c15-11(14-8-1-2-8)4-6-18-9-3-5-13-10(7-9)12(16)17/h3,5,7-8H,1-2,4,6H2,(H,14,15)(H,16,17). The third kappa shape index (κ3) is 4.03. The van der Waals surface area contributed by atoms with E-state index >= 15 is 0 Å². The molecule has 6 heteroatoms. The van der Waals surface area contributed by atoms with E-state index in [1.165, 1.54) is 24.0 Å². The van der Waals surface area contributed by atoms with Crippen LogP contribution in [0.1, 0.15) is 29.8 Å². The van der Waals surface area contributed by atoms with Gasteiger partial charge in [0.1, 0.15) is 5.69 Å². The molecule has 1 amide bonds. The maximum absolute atomic E-state index is 11.4. The average molecular weight is 266 g/mol. The molecule has 0 unspecified atom stereocenters. The van der Waals surface area contributed by atoms with Gasteiger partial charge >= 0.3 is 5.97 Å². The number of carboxylic acid groups (broad SMARTS) is 1. The molecule has 0 saturated heterocycles. The van der Waals surface area contributed by atoms with Gasteiger partial charge in [0, 0.05) is 29.3 Å². The van der Waals surface area contributed by atoms with Crippen LogP contribution in [0, 0.1) is 0 Å². The van der Waals surface area contributed by atoms with E-state index in [1.807, 2.05) is 0 Å². The van der Waals surface area contributed by atoms with Crippen molar-refractivity contribution in [1.29, 1.82) is 0 Å². The minimum Gasteiger partial charge on any atom is -0.477 e. The molecule has 1 saturated carbocycles. The van der Waals surface area contributed by atoms with Crippen molar-refractivity contribution in [2.24, 2.45) is 0 Å². The second-order valence-corrected chi connectivity index (χ2v) is 5.29. The Bertz CT molecular complexity index is 460. The van der Waals surface area contributed by atoms with Crippen LogP contribution in [0.4, 0.5) is 0 Å². The Hall–Kier alpha value is -1.56. The fourth-order valence-electron chi connectivity index (χ4n) is 1.41. The van der Waals surface area contributed by atoms with Crippen molar-refractivity contribution in [2.75, 3.05) is 5.75 Å². The van der Waals surface area contributed by atoms with Gasteiger partial charge in [-0.15, -0.1) is 11.8 Å². The van der Waals surface area contributed by atoms with Gasteiger partial charge in [0.25, 0.3) is 0 Å². The first-order valence-corrected chi connectivity index (χ1v) is 6.75. The van der Waals surface area contributed by atoms with Gasteiger partial charge in [-0.3, -0.25) is 4.79 Å². The Morgan fingerprint density at radius 1 is 1.50 bits per heavy atom. The first-order chi connectivity index (χ1) is 8.65. The Kier molecular flexibility index (Phi) is 4.19. The lowest BCUT2D eigenvalue weighted by atomic mass is 10.3. The zero-order chi connectivity index (χ0) is 13.0. The van der Waals surface area contributed by atoms with Crippen molar-refractivity contribution in [3.63, 3.8) is 0 Å². The summed E-state index contributed by atoms with van der Waals surface area (Å²) in [7, 11) is 0. The Balaban J connectivity index is 1.76. The lowest BCUT2D eigenvalue weighted by Crippen LogP contribution is -2.25. The van der Waals surface area contributed by atoms with E-state index < -0.39 is 5.97 Å². The van der Waals surface area contributed by atoms with E-state index in [1.54, 1.807) is 6.07 Å². The van der Waals surface area contributed by atoms with E-state index in [0.717, 1.165) is 17.7 Å². The molecule has 0 atom stereocenters. The smallest absolute Gasteiger partial charge is 0.354 e. The quantitative estimate of drug-likeness (QED) is 0.763. The number of carboxylic acids is 1. The van der Waals surface area contributed by atoms with Gasteiger partial charge in [-0.25, -0.2) is 9.78 Å². The first kappa shape index (κ1) is 12.9. The summed E-state index contributed by atoms with van der Waals surface area (Å²) in [6.07, 6.45) is 4.10. The monoisotopic (exact) mass is 266 g/mol. The Morgan fingerprint density at radius 2 is 2.28 bits per heavy atom. The summed E-state index contributed by atoms with van der Waals surface area (Å²) in [6.45, 7) is 0. The normalized spacial score (nSPS) is 14.2. The van der Waals surface area contributed by atoms with Crippen molar-refractivity contribution in [3.8, 4) is 0 Å². The number of nitrogens with zero attached hydrogens (tertiary/aromatic N) is 1. The van der Waals surface area contributed by atoms with Gasteiger partial charge in [0.05, 0.1) is 0 Å². The molecule has 1 aliphatic rings. The first-order valence-electron chi connectivity index (χ1n) is 5.76. The molecule has 96 valence electrons. The molecule has 18 heavy (non-hydrogen) atoms. The SMILES string of the molecule is O=C(CCSc1ccnc(C(=O)O)c1)NC1CC1. The maximum Gasteiger partial charge on any atom is 0.354 e. The number of nitrogens with one attached hydrogen (secondary N) is 1. The number of hydrogen-bond acceptors (Lipinski definition) is 4. The van der Waals surface area contributed by atoms with Crippen LogP contribution in [0.2, 0.25) is 0 Å². The molecule has 0 radical (unpaired) electrons. The number of aromatic nitrogens is 1. The Labute approximate surface area is 109 Å². The van der Waals surface area contributed by atoms with Gasteiger partial charge in [-0.05, 0) is 25.0 Å². The topological polar surface area (TPSA) is 79.3 Å². The zero-order valence-electron chi connectivity index (χ0n) is 9.76. The zero-order valence-corrected chi connectivity index (χ0v) is 10.6. The van der Waals surface area contributed by atoms with Crippen LogP contribution < -0.4 is 5.32 Å². The highest BCUT2D eigenvalue weighted by Gasteiger charge is 2.22. The summed E-state index contributed by atoms with van der Waals surface area (Å²) in [5.41, 5.74) is 0.0300. The van der Waals surface area contributed by atoms with E-state index in [0.29, 0.717) is 18.2 Å². The number of pyridine rings is 1. The molecular weight excluding hydrogens is 252 g/mol. The maximum atomic E-state index is 11.4. The highest BCUT2D eigenvalue weighted by Crippen LogP contribution is 2.21. The molecule has 2 rings (SSSR count). The summed E-state index contributed by atoms with van der Waals surface area (Å²) in [4.78, 5) is 26.7. The third-order valence-corrected chi connectivity index (χ3v) is 3.49. The second-order valence-electron chi connectivity index (χ2n) is 4.12. The van der Waals surface area contributed by atoms with E-state index in [-0.39, 0.29) is 11.6 Å². The second kappa shape index (κ2) is 5.86. The number of rotatable bonds is 6. The van der Waals surface area contributed by atoms with Crippen LogP contribution in [0.25, 0.3) is 0 Å². The number of hydrogen-bond donors (Lipinski definition) is 2. The number of carbonyl (C=O) groups is 2. The highest BCUT2D eigenvalue weighted by atomic mass is 32.2. The van der Waals surface area contributed by atoms with Crippen molar-refractivity contribution in [3.05, 3.63) is 24.0 Å². The lowest BCUT2D eigenvalue weighted by Gasteiger charge is -2.03. The molecule has 1 aliphatic carbocycles. The number of thioether (sulfide) groups is 1. The van der Waals surface area contributed by atoms with E-state index in [9.17, 15) is 9.59 Å². The van der Waals surface area contributed by atoms with Gasteiger partial charge in [-0.1, -0.05) is 0 Å². The van der Waals surface area contributed by atoms with Gasteiger partial charge < -0.3 is 10.4 Å². The molecule has 5 nitrogen and oxygen atoms in total. The molecule has 0 bridgehead atoms. The van der Waals surface area contributed by atoms with Gasteiger partial charge in [0.2, 0.25) is 5.91 Å². The van der Waals surface area contributed by atoms with Gasteiger partial charge in [-0.2, -0.15) is 0 Å². The minimum absolute atomic E-state index is 0.0300. The number of aromatic carboxylic acids is 1. The lowest BCUT2D eigenvalue weighted by molar-refractivity contribution is -0.120. The summed E-state index contributed by atoms with van der Waals surface area (Å²) in [6, 6.07) is 3.66. The predicted molar refractivity (Wildman–Crippen MR) is 67.7 cm³/mol. The number of carbonyl (C=O) groups excluding carboxylic acids is 1.